The van der Waals surface area contributed by atoms with E-state index in [4.69, 9.17) is 31.9 Å². The molecule has 102 valence electrons. The van der Waals surface area contributed by atoms with Gasteiger partial charge in [-0.05, 0) is 18.7 Å². The quantitative estimate of drug-likeness (QED) is 0.467. The first-order valence-electron chi connectivity index (χ1n) is 5.12. The van der Waals surface area contributed by atoms with Crippen molar-refractivity contribution in [3.05, 3.63) is 0 Å². The molecule has 0 saturated carbocycles. The van der Waals surface area contributed by atoms with Crippen LogP contribution in [0.25, 0.3) is 0 Å². The van der Waals surface area contributed by atoms with Crippen LogP contribution in [-0.4, -0.2) is 52.3 Å². The molecule has 0 spiro atoms. The zero-order chi connectivity index (χ0) is 13.8. The summed E-state index contributed by atoms with van der Waals surface area (Å²) in [5.41, 5.74) is 0. The van der Waals surface area contributed by atoms with Gasteiger partial charge in [0.05, 0.1) is 0 Å². The number of alkyl halides is 2. The lowest BCUT2D eigenvalue weighted by atomic mass is 9.87. The normalized spacial score (nSPS) is 7.31. The number of hydrogen-bond acceptors (Lipinski definition) is 4. The maximum Gasteiger partial charge on any atom is 0.453 e. The topological polar surface area (TPSA) is 80.9 Å². The molecule has 0 aliphatic heterocycles. The van der Waals surface area contributed by atoms with E-state index in [0.29, 0.717) is 6.61 Å². The number of aliphatic hydroxyl groups is 2. The number of rotatable bonds is 4. The van der Waals surface area contributed by atoms with Gasteiger partial charge in [0.15, 0.2) is 0 Å². The van der Waals surface area contributed by atoms with Crippen molar-refractivity contribution in [2.75, 3.05) is 24.9 Å². The van der Waals surface area contributed by atoms with Crippen LogP contribution in [0.15, 0.2) is 0 Å². The molecule has 7 heteroatoms. The smallest absolute Gasteiger partial charge is 0.427 e. The van der Waals surface area contributed by atoms with Crippen molar-refractivity contribution >= 4 is 34.6 Å². The first kappa shape index (κ1) is 25.5. The van der Waals surface area contributed by atoms with Crippen LogP contribution in [0.5, 0.6) is 0 Å². The Balaban J connectivity index is -0.0000000643. The van der Waals surface area contributed by atoms with Crippen molar-refractivity contribution in [2.45, 2.75) is 33.0 Å². The van der Waals surface area contributed by atoms with Crippen LogP contribution in [0.4, 0.5) is 0 Å². The first-order valence-corrected chi connectivity index (χ1v) is 7.24. The molecule has 0 atom stereocenters. The first-order chi connectivity index (χ1) is 7.60. The van der Waals surface area contributed by atoms with E-state index in [1.54, 1.807) is 0 Å². The van der Waals surface area contributed by atoms with Crippen LogP contribution in [0.3, 0.4) is 0 Å². The summed E-state index contributed by atoms with van der Waals surface area (Å²) in [7, 11) is -1.35. The Morgan fingerprint density at radius 3 is 1.31 bits per heavy atom. The molecule has 0 unspecified atom stereocenters. The van der Waals surface area contributed by atoms with Gasteiger partial charge in [-0.1, -0.05) is 29.8 Å². The van der Waals surface area contributed by atoms with E-state index in [0.717, 1.165) is 18.7 Å². The number of halogens is 2. The highest BCUT2D eigenvalue weighted by molar-refractivity contribution is 9.08. The molecule has 0 aromatic heterocycles. The molecule has 4 nitrogen and oxygen atoms in total. The summed E-state index contributed by atoms with van der Waals surface area (Å²) >= 11 is 8.12. The Morgan fingerprint density at radius 2 is 1.31 bits per heavy atom. The maximum absolute atomic E-state index is 7.95. The second kappa shape index (κ2) is 36.1. The zero-order valence-corrected chi connectivity index (χ0v) is 12.7. The lowest BCUT2D eigenvalue weighted by Gasteiger charge is -1.87. The summed E-state index contributed by atoms with van der Waals surface area (Å²) in [4.78, 5) is 0. The van der Waals surface area contributed by atoms with E-state index in [1.165, 1.54) is 0 Å². The van der Waals surface area contributed by atoms with Crippen molar-refractivity contribution < 1.29 is 20.3 Å². The third-order valence-corrected chi connectivity index (χ3v) is 1.18. The molecule has 0 aliphatic carbocycles. The van der Waals surface area contributed by atoms with Gasteiger partial charge >= 0.3 is 7.12 Å². The molecule has 16 heavy (non-hydrogen) atoms. The summed E-state index contributed by atoms with van der Waals surface area (Å²) < 4.78 is 0. The lowest BCUT2D eigenvalue weighted by Crippen LogP contribution is -2.11. The highest BCUT2D eigenvalue weighted by Gasteiger charge is 2.01. The third-order valence-electron chi connectivity index (χ3n) is 0.800. The molecule has 0 fully saturated rings. The van der Waals surface area contributed by atoms with Crippen LogP contribution >= 0.6 is 27.5 Å². The Labute approximate surface area is 113 Å². The summed E-state index contributed by atoms with van der Waals surface area (Å²) in [5, 5.41) is 31.7. The fourth-order valence-corrected chi connectivity index (χ4v) is 0.115. The molecule has 0 amide bonds. The Kier molecular flexibility index (Phi) is 57.5. The minimum Gasteiger partial charge on any atom is -0.427 e. The summed E-state index contributed by atoms with van der Waals surface area (Å²) in [6.07, 6.45) is 2.00. The van der Waals surface area contributed by atoms with Crippen molar-refractivity contribution in [3.8, 4) is 0 Å². The van der Waals surface area contributed by atoms with E-state index < -0.39 is 7.12 Å². The van der Waals surface area contributed by atoms with Crippen LogP contribution in [-0.2, 0) is 0 Å². The molecule has 0 bridgehead atoms. The van der Waals surface area contributed by atoms with E-state index >= 15 is 0 Å². The highest BCUT2D eigenvalue weighted by atomic mass is 79.9. The predicted octanol–water partition coefficient (Wildman–Crippen LogP) is 1.49. The van der Waals surface area contributed by atoms with Gasteiger partial charge in [-0.2, -0.15) is 0 Å². The second-order valence-electron chi connectivity index (χ2n) is 2.41. The minimum atomic E-state index is -1.35. The van der Waals surface area contributed by atoms with Gasteiger partial charge in [0.1, 0.15) is 0 Å². The van der Waals surface area contributed by atoms with Crippen molar-refractivity contribution in [1.29, 1.82) is 0 Å². The zero-order valence-electron chi connectivity index (χ0n) is 10.4. The van der Waals surface area contributed by atoms with Crippen molar-refractivity contribution in [3.63, 3.8) is 0 Å². The fraction of sp³-hybridized carbons (Fsp3) is 1.00. The average Bonchev–Trinajstić information content (AvgIpc) is 2.32. The van der Waals surface area contributed by atoms with E-state index in [-0.39, 0.29) is 12.9 Å². The number of hydrogen-bond donors (Lipinski definition) is 4. The minimum absolute atomic E-state index is 0.0417. The van der Waals surface area contributed by atoms with Crippen LogP contribution < -0.4 is 0 Å². The Hall–Kier alpha value is 0.675. The standard InChI is InChI=1S/C3H7Cl.C3H8O.C2H7BO3.CH3Br/c2*1-2-3-4;4-2-1-3(5)6;1-2/h2-3H2,1H3;4H,2-3H2,1H3;4-6H,1-2H2;1H3. The van der Waals surface area contributed by atoms with Gasteiger partial charge in [0.25, 0.3) is 0 Å². The van der Waals surface area contributed by atoms with E-state index in [9.17, 15) is 0 Å². The lowest BCUT2D eigenvalue weighted by molar-refractivity contribution is 0.295. The van der Waals surface area contributed by atoms with Gasteiger partial charge in [0, 0.05) is 25.4 Å². The third kappa shape index (κ3) is 85.2. The van der Waals surface area contributed by atoms with Gasteiger partial charge in [-0.15, -0.1) is 11.6 Å². The fourth-order valence-electron chi connectivity index (χ4n) is 0.115. The van der Waals surface area contributed by atoms with Gasteiger partial charge in [-0.25, -0.2) is 0 Å². The summed E-state index contributed by atoms with van der Waals surface area (Å²) in [5.74, 6) is 2.60. The maximum atomic E-state index is 7.95. The SMILES string of the molecule is CBr.CCCCl.CCCO.OCCB(O)O. The van der Waals surface area contributed by atoms with Gasteiger partial charge < -0.3 is 20.3 Å². The predicted molar refractivity (Wildman–Crippen MR) is 75.3 cm³/mol. The second-order valence-corrected chi connectivity index (χ2v) is 2.78. The van der Waals surface area contributed by atoms with Crippen LogP contribution in [0.1, 0.15) is 26.7 Å². The van der Waals surface area contributed by atoms with Crippen molar-refractivity contribution in [2.24, 2.45) is 0 Å². The Morgan fingerprint density at radius 1 is 1.00 bits per heavy atom. The molecule has 0 aliphatic rings. The molecule has 0 rings (SSSR count). The molecular formula is C9H25BBrClO4. The molecule has 4 N–H and O–H groups in total. The summed E-state index contributed by atoms with van der Waals surface area (Å²) in [6.45, 7) is 4.13. The van der Waals surface area contributed by atoms with Crippen LogP contribution in [0.2, 0.25) is 6.32 Å². The molecule has 0 radical (unpaired) electrons. The molecule has 0 saturated heterocycles. The monoisotopic (exact) mass is 322 g/mol. The van der Waals surface area contributed by atoms with Gasteiger partial charge in [0.2, 0.25) is 0 Å². The van der Waals surface area contributed by atoms with Crippen LogP contribution in [0, 0.1) is 0 Å². The van der Waals surface area contributed by atoms with Gasteiger partial charge in [-0.3, -0.25) is 0 Å². The number of aliphatic hydroxyl groups excluding tert-OH is 2. The van der Waals surface area contributed by atoms with E-state index in [2.05, 4.69) is 15.9 Å². The average molecular weight is 323 g/mol. The summed E-state index contributed by atoms with van der Waals surface area (Å²) in [6, 6.07) is 0. The molecule has 0 aromatic rings. The molecule has 0 heterocycles. The molecule has 0 aromatic carbocycles. The Bertz CT molecular complexity index is 74.5. The largest absolute Gasteiger partial charge is 0.453 e. The van der Waals surface area contributed by atoms with Crippen molar-refractivity contribution in [1.82, 2.24) is 0 Å². The molecular weight excluding hydrogens is 298 g/mol. The highest BCUT2D eigenvalue weighted by Crippen LogP contribution is 1.76. The van der Waals surface area contributed by atoms with E-state index in [1.807, 2.05) is 19.7 Å².